The normalized spacial score (nSPS) is 7.00. The summed E-state index contributed by atoms with van der Waals surface area (Å²) in [6.07, 6.45) is 0.500. The smallest absolute Gasteiger partial charge is 0.0452 e. The Morgan fingerprint density at radius 1 is 1.00 bits per heavy atom. The van der Waals surface area contributed by atoms with Gasteiger partial charge >= 0.3 is 0 Å². The molecule has 0 unspecified atom stereocenters. The zero-order valence-electron chi connectivity index (χ0n) is 3.52. The van der Waals surface area contributed by atoms with Crippen molar-refractivity contribution in [1.29, 1.82) is 0 Å². The molecule has 0 aromatic heterocycles. The van der Waals surface area contributed by atoms with Crippen molar-refractivity contribution in [2.45, 2.75) is 6.42 Å². The molecule has 0 spiro atoms. The van der Waals surface area contributed by atoms with Crippen molar-refractivity contribution in [2.75, 3.05) is 13.2 Å². The molecule has 0 saturated heterocycles. The molecule has 3 nitrogen and oxygen atoms in total. The molecule has 0 fully saturated rings. The molecule has 0 aliphatic heterocycles. The van der Waals surface area contributed by atoms with Gasteiger partial charge in [0.1, 0.15) is 0 Å². The summed E-state index contributed by atoms with van der Waals surface area (Å²) >= 11 is 0. The molecule has 0 heterocycles. The van der Waals surface area contributed by atoms with Gasteiger partial charge in [-0.3, -0.25) is 0 Å². The molecule has 0 amide bonds. The van der Waals surface area contributed by atoms with Crippen LogP contribution in [0.1, 0.15) is 6.42 Å². The lowest BCUT2D eigenvalue weighted by Crippen LogP contribution is -1.85. The lowest BCUT2D eigenvalue weighted by Gasteiger charge is -1.79. The molecular formula is C3H10O3. The third-order valence-electron chi connectivity index (χ3n) is 0.316. The highest BCUT2D eigenvalue weighted by Gasteiger charge is 1.70. The molecule has 0 atom stereocenters. The number of hydrogen-bond donors (Lipinski definition) is 2. The van der Waals surface area contributed by atoms with Gasteiger partial charge in [-0.05, 0) is 6.42 Å². The Balaban J connectivity index is 0. The van der Waals surface area contributed by atoms with Gasteiger partial charge in [-0.1, -0.05) is 0 Å². The molecule has 0 aromatic rings. The largest absolute Gasteiger partial charge is 0.412 e. The Labute approximate surface area is 36.5 Å². The van der Waals surface area contributed by atoms with Gasteiger partial charge in [0, 0.05) is 13.2 Å². The van der Waals surface area contributed by atoms with Crippen molar-refractivity contribution >= 4 is 0 Å². The minimum absolute atomic E-state index is 0. The first-order chi connectivity index (χ1) is 2.41. The van der Waals surface area contributed by atoms with E-state index < -0.39 is 0 Å². The van der Waals surface area contributed by atoms with Crippen molar-refractivity contribution in [1.82, 2.24) is 0 Å². The Hall–Kier alpha value is -0.120. The first-order valence-corrected chi connectivity index (χ1v) is 1.63. The van der Waals surface area contributed by atoms with E-state index in [1.807, 2.05) is 0 Å². The molecule has 40 valence electrons. The first kappa shape index (κ1) is 9.30. The Morgan fingerprint density at radius 3 is 1.33 bits per heavy atom. The molecule has 6 heavy (non-hydrogen) atoms. The van der Waals surface area contributed by atoms with E-state index in [4.69, 9.17) is 10.2 Å². The molecule has 0 saturated carbocycles. The minimum atomic E-state index is 0. The summed E-state index contributed by atoms with van der Waals surface area (Å²) in [5.41, 5.74) is 0. The SMILES string of the molecule is O.OCCCO. The maximum Gasteiger partial charge on any atom is 0.0452 e. The van der Waals surface area contributed by atoms with Gasteiger partial charge in [-0.15, -0.1) is 0 Å². The third-order valence-corrected chi connectivity index (χ3v) is 0.316. The lowest BCUT2D eigenvalue weighted by atomic mass is 10.5. The predicted molar refractivity (Wildman–Crippen MR) is 22.4 cm³/mol. The standard InChI is InChI=1S/C3H8O2.H2O/c4-2-1-3-5;/h4-5H,1-3H2;1H2. The summed E-state index contributed by atoms with van der Waals surface area (Å²) in [7, 11) is 0. The fourth-order valence-corrected chi connectivity index (χ4v) is 0.0707. The molecule has 4 N–H and O–H groups in total. The quantitative estimate of drug-likeness (QED) is 0.438. The van der Waals surface area contributed by atoms with Crippen LogP contribution in [-0.2, 0) is 0 Å². The second-order valence-electron chi connectivity index (χ2n) is 0.801. The zero-order valence-corrected chi connectivity index (χ0v) is 3.52. The van der Waals surface area contributed by atoms with Crippen LogP contribution in [0.25, 0.3) is 0 Å². The molecule has 0 aliphatic carbocycles. The van der Waals surface area contributed by atoms with Crippen LogP contribution in [0.4, 0.5) is 0 Å². The van der Waals surface area contributed by atoms with E-state index in [0.29, 0.717) is 6.42 Å². The van der Waals surface area contributed by atoms with E-state index in [-0.39, 0.29) is 18.7 Å². The minimum Gasteiger partial charge on any atom is -0.412 e. The fourth-order valence-electron chi connectivity index (χ4n) is 0.0707. The number of rotatable bonds is 2. The van der Waals surface area contributed by atoms with Crippen molar-refractivity contribution in [3.63, 3.8) is 0 Å². The van der Waals surface area contributed by atoms with Crippen molar-refractivity contribution < 1.29 is 15.7 Å². The van der Waals surface area contributed by atoms with E-state index in [9.17, 15) is 0 Å². The van der Waals surface area contributed by atoms with Gasteiger partial charge in [0.15, 0.2) is 0 Å². The van der Waals surface area contributed by atoms with Gasteiger partial charge < -0.3 is 15.7 Å². The highest BCUT2D eigenvalue weighted by atomic mass is 16.3. The van der Waals surface area contributed by atoms with E-state index in [0.717, 1.165) is 0 Å². The van der Waals surface area contributed by atoms with Crippen molar-refractivity contribution in [3.05, 3.63) is 0 Å². The number of aliphatic hydroxyl groups excluding tert-OH is 2. The highest BCUT2D eigenvalue weighted by molar-refractivity contribution is 4.22. The monoisotopic (exact) mass is 94.1 g/mol. The summed E-state index contributed by atoms with van der Waals surface area (Å²) in [4.78, 5) is 0. The van der Waals surface area contributed by atoms with Crippen LogP contribution < -0.4 is 0 Å². The van der Waals surface area contributed by atoms with Crippen LogP contribution >= 0.6 is 0 Å². The van der Waals surface area contributed by atoms with Gasteiger partial charge in [0.2, 0.25) is 0 Å². The van der Waals surface area contributed by atoms with E-state index in [2.05, 4.69) is 0 Å². The molecule has 0 aliphatic rings. The summed E-state index contributed by atoms with van der Waals surface area (Å²) in [5, 5.41) is 15.8. The fraction of sp³-hybridized carbons (Fsp3) is 1.00. The van der Waals surface area contributed by atoms with E-state index in [1.54, 1.807) is 0 Å². The Bertz CT molecular complexity index is 13.5. The average molecular weight is 94.1 g/mol. The highest BCUT2D eigenvalue weighted by Crippen LogP contribution is 1.65. The zero-order chi connectivity index (χ0) is 4.12. The lowest BCUT2D eigenvalue weighted by molar-refractivity contribution is 0.221. The summed E-state index contributed by atoms with van der Waals surface area (Å²) in [6.45, 7) is 0.188. The summed E-state index contributed by atoms with van der Waals surface area (Å²) in [6, 6.07) is 0. The second-order valence-corrected chi connectivity index (χ2v) is 0.801. The predicted octanol–water partition coefficient (Wildman–Crippen LogP) is -1.46. The third kappa shape index (κ3) is 9.11. The van der Waals surface area contributed by atoms with Gasteiger partial charge in [0.25, 0.3) is 0 Å². The molecular weight excluding hydrogens is 84.0 g/mol. The van der Waals surface area contributed by atoms with Crippen molar-refractivity contribution in [2.24, 2.45) is 0 Å². The van der Waals surface area contributed by atoms with Gasteiger partial charge in [-0.2, -0.15) is 0 Å². The second kappa shape index (κ2) is 8.86. The number of aliphatic hydroxyl groups is 2. The first-order valence-electron chi connectivity index (χ1n) is 1.63. The molecule has 0 rings (SSSR count). The maximum absolute atomic E-state index is 7.91. The van der Waals surface area contributed by atoms with Crippen LogP contribution in [0.15, 0.2) is 0 Å². The summed E-state index contributed by atoms with van der Waals surface area (Å²) < 4.78 is 0. The molecule has 0 radical (unpaired) electrons. The van der Waals surface area contributed by atoms with Crippen molar-refractivity contribution in [3.8, 4) is 0 Å². The van der Waals surface area contributed by atoms with Crippen LogP contribution in [0.5, 0.6) is 0 Å². The van der Waals surface area contributed by atoms with E-state index >= 15 is 0 Å². The van der Waals surface area contributed by atoms with Gasteiger partial charge in [-0.25, -0.2) is 0 Å². The maximum atomic E-state index is 7.91. The Morgan fingerprint density at radius 2 is 1.33 bits per heavy atom. The Kier molecular flexibility index (Phi) is 13.7. The molecule has 3 heteroatoms. The van der Waals surface area contributed by atoms with Crippen LogP contribution in [0, 0.1) is 0 Å². The van der Waals surface area contributed by atoms with Crippen LogP contribution in [0.2, 0.25) is 0 Å². The van der Waals surface area contributed by atoms with E-state index in [1.165, 1.54) is 0 Å². The topological polar surface area (TPSA) is 72.0 Å². The van der Waals surface area contributed by atoms with Gasteiger partial charge in [0.05, 0.1) is 0 Å². The summed E-state index contributed by atoms with van der Waals surface area (Å²) in [5.74, 6) is 0. The number of hydrogen-bond acceptors (Lipinski definition) is 2. The molecule has 0 aromatic carbocycles. The van der Waals surface area contributed by atoms with Crippen LogP contribution in [-0.4, -0.2) is 28.9 Å². The average Bonchev–Trinajstić information content (AvgIpc) is 1.41. The van der Waals surface area contributed by atoms with Crippen LogP contribution in [0.3, 0.4) is 0 Å². The molecule has 0 bridgehead atoms.